The van der Waals surface area contributed by atoms with Crippen LogP contribution in [0.15, 0.2) is 59.8 Å². The molecule has 8 heteroatoms. The zero-order valence-corrected chi connectivity index (χ0v) is 22.3. The van der Waals surface area contributed by atoms with Crippen molar-refractivity contribution in [3.8, 4) is 0 Å². The Balaban J connectivity index is 1.59. The highest BCUT2D eigenvalue weighted by Crippen LogP contribution is 2.32. The number of nitrogens with one attached hydrogen (secondary N) is 1. The monoisotopic (exact) mass is 504 g/mol. The van der Waals surface area contributed by atoms with E-state index in [0.29, 0.717) is 43.0 Å². The number of carbonyl (C=O) groups excluding carboxylic acids is 3. The van der Waals surface area contributed by atoms with Gasteiger partial charge in [-0.2, -0.15) is 0 Å². The summed E-state index contributed by atoms with van der Waals surface area (Å²) in [6.07, 6.45) is 0. The molecular weight excluding hydrogens is 468 g/mol. The number of esters is 1. The lowest BCUT2D eigenvalue weighted by Gasteiger charge is -2.42. The van der Waals surface area contributed by atoms with E-state index < -0.39 is 12.0 Å². The second-order valence-corrected chi connectivity index (χ2v) is 9.88. The number of hydrogen-bond donors (Lipinski definition) is 1. The average molecular weight is 505 g/mol. The van der Waals surface area contributed by atoms with Gasteiger partial charge < -0.3 is 15.0 Å². The second kappa shape index (κ2) is 11.2. The Kier molecular flexibility index (Phi) is 7.97. The maximum atomic E-state index is 13.2. The molecular formula is C29H36N4O4. The number of hydrogen-bond acceptors (Lipinski definition) is 5. The minimum absolute atomic E-state index is 0.0205. The van der Waals surface area contributed by atoms with Crippen LogP contribution in [0.2, 0.25) is 0 Å². The van der Waals surface area contributed by atoms with Crippen LogP contribution in [0.3, 0.4) is 0 Å². The molecule has 2 aliphatic rings. The number of urea groups is 1. The molecule has 1 N–H and O–H groups in total. The molecule has 1 fully saturated rings. The van der Waals surface area contributed by atoms with Crippen molar-refractivity contribution in [2.75, 3.05) is 39.8 Å². The zero-order valence-electron chi connectivity index (χ0n) is 22.3. The first-order chi connectivity index (χ1) is 17.7. The number of likely N-dealkylation sites (N-methyl/N-ethyl adjacent to an activating group) is 1. The zero-order chi connectivity index (χ0) is 26.7. The molecule has 0 unspecified atom stereocenters. The van der Waals surface area contributed by atoms with E-state index in [1.807, 2.05) is 74.2 Å². The molecule has 2 aromatic carbocycles. The van der Waals surface area contributed by atoms with E-state index in [4.69, 9.17) is 4.74 Å². The number of carbonyl (C=O) groups is 3. The van der Waals surface area contributed by atoms with Gasteiger partial charge >= 0.3 is 12.0 Å². The van der Waals surface area contributed by atoms with Gasteiger partial charge in [0.05, 0.1) is 18.2 Å². The molecule has 2 atom stereocenters. The fourth-order valence-corrected chi connectivity index (χ4v) is 4.96. The highest BCUT2D eigenvalue weighted by atomic mass is 16.5. The molecule has 2 aromatic rings. The molecule has 4 rings (SSSR count). The summed E-state index contributed by atoms with van der Waals surface area (Å²) in [5, 5.41) is 2.97. The molecule has 37 heavy (non-hydrogen) atoms. The molecule has 3 amide bonds. The standard InChI is InChI=1S/C29H36N4O4/c1-6-37-28(35)25-24(31(5)29(36)30-26(25)22-11-7-19(2)8-12-22)18-32-15-16-33(21(4)17-32)27(34)23-13-9-20(3)10-14-23/h7-14,21,26H,6,15-18H2,1-5H3,(H,30,36)/t21-,26+/m1/s1. The summed E-state index contributed by atoms with van der Waals surface area (Å²) >= 11 is 0. The minimum Gasteiger partial charge on any atom is -0.463 e. The van der Waals surface area contributed by atoms with E-state index >= 15 is 0 Å². The molecule has 0 aromatic heterocycles. The summed E-state index contributed by atoms with van der Waals surface area (Å²) in [6, 6.07) is 14.5. The first-order valence-electron chi connectivity index (χ1n) is 12.8. The third kappa shape index (κ3) is 5.69. The topological polar surface area (TPSA) is 82.2 Å². The van der Waals surface area contributed by atoms with Gasteiger partial charge in [-0.3, -0.25) is 14.6 Å². The lowest BCUT2D eigenvalue weighted by molar-refractivity contribution is -0.139. The van der Waals surface area contributed by atoms with Gasteiger partial charge in [-0.15, -0.1) is 0 Å². The highest BCUT2D eigenvalue weighted by Gasteiger charge is 2.38. The second-order valence-electron chi connectivity index (χ2n) is 9.88. The minimum atomic E-state index is -0.597. The van der Waals surface area contributed by atoms with Crippen LogP contribution in [-0.4, -0.2) is 78.5 Å². The third-order valence-electron chi connectivity index (χ3n) is 7.13. The van der Waals surface area contributed by atoms with Gasteiger partial charge in [-0.25, -0.2) is 9.59 Å². The van der Waals surface area contributed by atoms with Gasteiger partial charge in [-0.1, -0.05) is 47.5 Å². The van der Waals surface area contributed by atoms with Gasteiger partial charge in [0.2, 0.25) is 0 Å². The number of aryl methyl sites for hydroxylation is 2. The smallest absolute Gasteiger partial charge is 0.338 e. The van der Waals surface area contributed by atoms with Gasteiger partial charge in [0.25, 0.3) is 5.91 Å². The number of benzene rings is 2. The van der Waals surface area contributed by atoms with Crippen LogP contribution in [0.25, 0.3) is 0 Å². The SMILES string of the molecule is CCOC(=O)C1=C(CN2CCN(C(=O)c3ccc(C)cc3)[C@H](C)C2)N(C)C(=O)N[C@H]1c1ccc(C)cc1. The van der Waals surface area contributed by atoms with Gasteiger partial charge in [0.1, 0.15) is 0 Å². The number of rotatable bonds is 6. The predicted molar refractivity (Wildman–Crippen MR) is 142 cm³/mol. The number of piperazine rings is 1. The largest absolute Gasteiger partial charge is 0.463 e. The Morgan fingerprint density at radius 2 is 1.62 bits per heavy atom. The van der Waals surface area contributed by atoms with Crippen molar-refractivity contribution in [2.24, 2.45) is 0 Å². The number of ether oxygens (including phenoxy) is 1. The molecule has 8 nitrogen and oxygen atoms in total. The van der Waals surface area contributed by atoms with Crippen molar-refractivity contribution in [1.82, 2.24) is 20.0 Å². The Hall–Kier alpha value is -3.65. The first kappa shape index (κ1) is 26.4. The Bertz CT molecular complexity index is 1190. The van der Waals surface area contributed by atoms with Crippen molar-refractivity contribution >= 4 is 17.9 Å². The lowest BCUT2D eigenvalue weighted by Crippen LogP contribution is -2.56. The molecule has 2 heterocycles. The van der Waals surface area contributed by atoms with E-state index in [1.165, 1.54) is 4.90 Å². The average Bonchev–Trinajstić information content (AvgIpc) is 2.87. The third-order valence-corrected chi connectivity index (χ3v) is 7.13. The summed E-state index contributed by atoms with van der Waals surface area (Å²) in [5.74, 6) is -0.414. The molecule has 0 radical (unpaired) electrons. The fourth-order valence-electron chi connectivity index (χ4n) is 4.96. The van der Waals surface area contributed by atoms with E-state index in [9.17, 15) is 14.4 Å². The summed E-state index contributed by atoms with van der Waals surface area (Å²) in [5.41, 5.74) is 4.79. The maximum Gasteiger partial charge on any atom is 0.338 e. The molecule has 196 valence electrons. The van der Waals surface area contributed by atoms with Gasteiger partial charge in [0, 0.05) is 50.5 Å². The van der Waals surface area contributed by atoms with Crippen LogP contribution < -0.4 is 5.32 Å². The van der Waals surface area contributed by atoms with E-state index in [2.05, 4.69) is 10.2 Å². The van der Waals surface area contributed by atoms with Crippen LogP contribution in [0.4, 0.5) is 4.79 Å². The lowest BCUT2D eigenvalue weighted by atomic mass is 9.93. The molecule has 1 saturated heterocycles. The van der Waals surface area contributed by atoms with Crippen LogP contribution in [0, 0.1) is 13.8 Å². The predicted octanol–water partition coefficient (Wildman–Crippen LogP) is 3.66. The summed E-state index contributed by atoms with van der Waals surface area (Å²) < 4.78 is 5.44. The van der Waals surface area contributed by atoms with E-state index in [0.717, 1.165) is 16.7 Å². The van der Waals surface area contributed by atoms with E-state index in [-0.39, 0.29) is 24.6 Å². The highest BCUT2D eigenvalue weighted by molar-refractivity contribution is 5.95. The van der Waals surface area contributed by atoms with Crippen LogP contribution in [0.1, 0.15) is 46.9 Å². The molecule has 0 aliphatic carbocycles. The van der Waals surface area contributed by atoms with Crippen LogP contribution in [-0.2, 0) is 9.53 Å². The number of nitrogens with zero attached hydrogens (tertiary/aromatic N) is 3. The van der Waals surface area contributed by atoms with Crippen molar-refractivity contribution in [1.29, 1.82) is 0 Å². The molecule has 0 saturated carbocycles. The molecule has 2 aliphatic heterocycles. The fraction of sp³-hybridized carbons (Fsp3) is 0.414. The van der Waals surface area contributed by atoms with Crippen molar-refractivity contribution in [3.63, 3.8) is 0 Å². The van der Waals surface area contributed by atoms with Gasteiger partial charge in [0.15, 0.2) is 0 Å². The normalized spacial score (nSPS) is 20.6. The van der Waals surface area contributed by atoms with Gasteiger partial charge in [-0.05, 0) is 45.4 Å². The quantitative estimate of drug-likeness (QED) is 0.607. The number of amides is 3. The maximum absolute atomic E-state index is 13.2. The summed E-state index contributed by atoms with van der Waals surface area (Å²) in [6.45, 7) is 10.3. The van der Waals surface area contributed by atoms with Crippen LogP contribution in [0.5, 0.6) is 0 Å². The Morgan fingerprint density at radius 3 is 2.22 bits per heavy atom. The summed E-state index contributed by atoms with van der Waals surface area (Å²) in [7, 11) is 1.68. The van der Waals surface area contributed by atoms with Crippen molar-refractivity contribution in [3.05, 3.63) is 82.1 Å². The van der Waals surface area contributed by atoms with Crippen molar-refractivity contribution < 1.29 is 19.1 Å². The van der Waals surface area contributed by atoms with Crippen molar-refractivity contribution in [2.45, 2.75) is 39.8 Å². The first-order valence-corrected chi connectivity index (χ1v) is 12.8. The molecule has 0 bridgehead atoms. The van der Waals surface area contributed by atoms with E-state index in [1.54, 1.807) is 14.0 Å². The Labute approximate surface area is 218 Å². The Morgan fingerprint density at radius 1 is 1.00 bits per heavy atom. The van der Waals surface area contributed by atoms with Crippen LogP contribution >= 0.6 is 0 Å². The summed E-state index contributed by atoms with van der Waals surface area (Å²) in [4.78, 5) is 44.9. The molecule has 0 spiro atoms.